The minimum Gasteiger partial charge on any atom is -0.497 e. The zero-order valence-electron chi connectivity index (χ0n) is 17.2. The van der Waals surface area contributed by atoms with Crippen molar-refractivity contribution in [3.63, 3.8) is 0 Å². The fourth-order valence-electron chi connectivity index (χ4n) is 3.95. The third-order valence-corrected chi connectivity index (χ3v) is 6.59. The van der Waals surface area contributed by atoms with Gasteiger partial charge in [0, 0.05) is 24.7 Å². The molecule has 9 heteroatoms. The average molecular weight is 430 g/mol. The number of hydrogen-bond acceptors (Lipinski definition) is 6. The second-order valence-electron chi connectivity index (χ2n) is 7.66. The van der Waals surface area contributed by atoms with Crippen LogP contribution in [-0.2, 0) is 6.54 Å². The molecule has 2 aromatic rings. The lowest BCUT2D eigenvalue weighted by molar-refractivity contribution is 0.102. The summed E-state index contributed by atoms with van der Waals surface area (Å²) in [4.78, 5) is 27.0. The van der Waals surface area contributed by atoms with Crippen LogP contribution in [0.3, 0.4) is 0 Å². The van der Waals surface area contributed by atoms with Crippen LogP contribution in [0.2, 0.25) is 0 Å². The normalized spacial score (nSPS) is 16.8. The summed E-state index contributed by atoms with van der Waals surface area (Å²) in [5.74, 6) is 1.56. The van der Waals surface area contributed by atoms with E-state index in [4.69, 9.17) is 4.74 Å². The summed E-state index contributed by atoms with van der Waals surface area (Å²) in [5.41, 5.74) is 0.634. The van der Waals surface area contributed by atoms with E-state index in [1.807, 2.05) is 4.57 Å². The molecule has 0 saturated heterocycles. The maximum atomic E-state index is 12.8. The molecule has 0 unspecified atom stereocenters. The molecule has 1 N–H and O–H groups in total. The molecule has 0 radical (unpaired) electrons. The highest BCUT2D eigenvalue weighted by atomic mass is 32.2. The number of hydrogen-bond donors (Lipinski definition) is 1. The number of ketones is 1. The number of fused-ring (bicyclic) bond motifs is 1. The number of rotatable bonds is 6. The lowest BCUT2D eigenvalue weighted by Gasteiger charge is -2.30. The van der Waals surface area contributed by atoms with E-state index < -0.39 is 0 Å². The van der Waals surface area contributed by atoms with Gasteiger partial charge in [0.1, 0.15) is 5.75 Å². The number of aromatic nitrogens is 3. The Morgan fingerprint density at radius 3 is 2.60 bits per heavy atom. The quantitative estimate of drug-likeness (QED) is 0.558. The Balaban J connectivity index is 1.39. The number of carbonyl (C=O) groups is 2. The first kappa shape index (κ1) is 20.7. The van der Waals surface area contributed by atoms with Gasteiger partial charge in [-0.1, -0.05) is 31.0 Å². The minimum atomic E-state index is -0.0962. The number of thioether (sulfide) groups is 1. The largest absolute Gasteiger partial charge is 0.497 e. The highest BCUT2D eigenvalue weighted by molar-refractivity contribution is 7.99. The molecule has 1 aliphatic heterocycles. The zero-order valence-corrected chi connectivity index (χ0v) is 18.0. The molecule has 0 atom stereocenters. The Hall–Kier alpha value is -2.55. The number of amides is 2. The molecule has 1 aromatic carbocycles. The molecule has 0 spiro atoms. The highest BCUT2D eigenvalue weighted by Crippen LogP contribution is 2.27. The Morgan fingerprint density at radius 2 is 1.87 bits per heavy atom. The molecule has 0 bridgehead atoms. The Morgan fingerprint density at radius 1 is 1.10 bits per heavy atom. The van der Waals surface area contributed by atoms with Crippen molar-refractivity contribution in [3.8, 4) is 5.75 Å². The summed E-state index contributed by atoms with van der Waals surface area (Å²) >= 11 is 1.35. The number of anilines is 1. The van der Waals surface area contributed by atoms with Crippen molar-refractivity contribution in [1.82, 2.24) is 20.1 Å². The summed E-state index contributed by atoms with van der Waals surface area (Å²) in [6.45, 7) is 1.38. The van der Waals surface area contributed by atoms with Gasteiger partial charge in [-0.3, -0.25) is 14.3 Å². The van der Waals surface area contributed by atoms with Crippen molar-refractivity contribution in [2.75, 3.05) is 24.3 Å². The molecule has 1 saturated carbocycles. The molecule has 30 heavy (non-hydrogen) atoms. The number of methoxy groups -OCH3 is 1. The van der Waals surface area contributed by atoms with E-state index in [1.54, 1.807) is 36.3 Å². The molecule has 160 valence electrons. The third kappa shape index (κ3) is 4.61. The van der Waals surface area contributed by atoms with Crippen LogP contribution in [0, 0.1) is 0 Å². The van der Waals surface area contributed by atoms with E-state index >= 15 is 0 Å². The predicted molar refractivity (Wildman–Crippen MR) is 115 cm³/mol. The van der Waals surface area contributed by atoms with Crippen LogP contribution in [0.15, 0.2) is 29.4 Å². The Bertz CT molecular complexity index is 893. The molecular formula is C21H27N5O3S. The van der Waals surface area contributed by atoms with Crippen molar-refractivity contribution < 1.29 is 14.3 Å². The van der Waals surface area contributed by atoms with Gasteiger partial charge >= 0.3 is 6.03 Å². The lowest BCUT2D eigenvalue weighted by Crippen LogP contribution is -2.48. The van der Waals surface area contributed by atoms with E-state index in [2.05, 4.69) is 15.5 Å². The SMILES string of the molecule is COc1ccc(C(=O)CSc2nnc3n2CCCN3C(=O)NC2CCCCC2)cc1. The van der Waals surface area contributed by atoms with Crippen LogP contribution in [0.4, 0.5) is 10.7 Å². The summed E-state index contributed by atoms with van der Waals surface area (Å²) in [5, 5.41) is 12.3. The molecule has 8 nitrogen and oxygen atoms in total. The summed E-state index contributed by atoms with van der Waals surface area (Å²) in [7, 11) is 1.60. The average Bonchev–Trinajstić information content (AvgIpc) is 3.21. The van der Waals surface area contributed by atoms with Gasteiger partial charge in [0.15, 0.2) is 10.9 Å². The smallest absolute Gasteiger partial charge is 0.324 e. The molecule has 1 aliphatic carbocycles. The molecule has 4 rings (SSSR count). The van der Waals surface area contributed by atoms with Crippen LogP contribution < -0.4 is 15.0 Å². The third-order valence-electron chi connectivity index (χ3n) is 5.62. The van der Waals surface area contributed by atoms with Crippen LogP contribution in [0.5, 0.6) is 5.75 Å². The van der Waals surface area contributed by atoms with Crippen molar-refractivity contribution >= 4 is 29.5 Å². The number of carbonyl (C=O) groups excluding carboxylic acids is 2. The first-order chi connectivity index (χ1) is 14.7. The number of ether oxygens (including phenoxy) is 1. The van der Waals surface area contributed by atoms with Crippen LogP contribution >= 0.6 is 11.8 Å². The van der Waals surface area contributed by atoms with Gasteiger partial charge in [-0.05, 0) is 43.5 Å². The minimum absolute atomic E-state index is 0.0164. The van der Waals surface area contributed by atoms with E-state index in [0.717, 1.165) is 31.6 Å². The van der Waals surface area contributed by atoms with Crippen molar-refractivity contribution in [2.24, 2.45) is 0 Å². The number of nitrogens with one attached hydrogen (secondary N) is 1. The van der Waals surface area contributed by atoms with Gasteiger partial charge in [0.25, 0.3) is 0 Å². The number of nitrogens with zero attached hydrogens (tertiary/aromatic N) is 4. The second-order valence-corrected chi connectivity index (χ2v) is 8.61. The van der Waals surface area contributed by atoms with E-state index in [9.17, 15) is 9.59 Å². The van der Waals surface area contributed by atoms with E-state index in [0.29, 0.717) is 23.2 Å². The standard InChI is InChI=1S/C21H27N5O3S/c1-29-17-10-8-15(9-11-17)18(27)14-30-21-24-23-19-25(12-5-13-26(19)21)20(28)22-16-6-3-2-4-7-16/h8-11,16H,2-7,12-14H2,1H3,(H,22,28). The topological polar surface area (TPSA) is 89.3 Å². The lowest BCUT2D eigenvalue weighted by atomic mass is 9.96. The fourth-order valence-corrected chi connectivity index (χ4v) is 4.81. The van der Waals surface area contributed by atoms with Gasteiger partial charge in [-0.25, -0.2) is 4.79 Å². The van der Waals surface area contributed by atoms with Crippen molar-refractivity contribution in [1.29, 1.82) is 0 Å². The summed E-state index contributed by atoms with van der Waals surface area (Å²) < 4.78 is 7.07. The van der Waals surface area contributed by atoms with Gasteiger partial charge in [0.2, 0.25) is 5.95 Å². The molecule has 1 aromatic heterocycles. The highest BCUT2D eigenvalue weighted by Gasteiger charge is 2.29. The van der Waals surface area contributed by atoms with Gasteiger partial charge < -0.3 is 10.1 Å². The van der Waals surface area contributed by atoms with Gasteiger partial charge in [-0.15, -0.1) is 10.2 Å². The number of benzene rings is 1. The van der Waals surface area contributed by atoms with Gasteiger partial charge in [0.05, 0.1) is 12.9 Å². The van der Waals surface area contributed by atoms with Crippen molar-refractivity contribution in [2.45, 2.75) is 56.3 Å². The van der Waals surface area contributed by atoms with Crippen LogP contribution in [0.1, 0.15) is 48.9 Å². The molecule has 2 heterocycles. The zero-order chi connectivity index (χ0) is 20.9. The Kier molecular flexibility index (Phi) is 6.56. The maximum Gasteiger partial charge on any atom is 0.324 e. The molecule has 2 aliphatic rings. The summed E-state index contributed by atoms with van der Waals surface area (Å²) in [6.07, 6.45) is 6.51. The maximum absolute atomic E-state index is 12.8. The number of Topliss-reactive ketones (excluding diaryl/α,β-unsaturated/α-hetero) is 1. The second kappa shape index (κ2) is 9.51. The molecule has 1 fully saturated rings. The number of urea groups is 1. The van der Waals surface area contributed by atoms with E-state index in [1.165, 1.54) is 31.0 Å². The molecular weight excluding hydrogens is 402 g/mol. The monoisotopic (exact) mass is 429 g/mol. The van der Waals surface area contributed by atoms with E-state index in [-0.39, 0.29) is 23.6 Å². The fraction of sp³-hybridized carbons (Fsp3) is 0.524. The van der Waals surface area contributed by atoms with Crippen LogP contribution in [0.25, 0.3) is 0 Å². The first-order valence-electron chi connectivity index (χ1n) is 10.5. The predicted octanol–water partition coefficient (Wildman–Crippen LogP) is 3.51. The molecule has 2 amide bonds. The van der Waals surface area contributed by atoms with Gasteiger partial charge in [-0.2, -0.15) is 0 Å². The summed E-state index contributed by atoms with van der Waals surface area (Å²) in [6, 6.07) is 7.23. The Labute approximate surface area is 180 Å². The van der Waals surface area contributed by atoms with Crippen molar-refractivity contribution in [3.05, 3.63) is 29.8 Å². The first-order valence-corrected chi connectivity index (χ1v) is 11.5. The van der Waals surface area contributed by atoms with Crippen LogP contribution in [-0.4, -0.2) is 52.0 Å².